The topological polar surface area (TPSA) is 20.2 Å². The van der Waals surface area contributed by atoms with Gasteiger partial charge in [-0.15, -0.1) is 0 Å². The lowest BCUT2D eigenvalue weighted by atomic mass is 9.93. The average Bonchev–Trinajstić information content (AvgIpc) is 3.24. The highest BCUT2D eigenvalue weighted by Crippen LogP contribution is 2.50. The maximum absolute atomic E-state index is 10.6. The van der Waals surface area contributed by atoms with Crippen molar-refractivity contribution in [2.24, 2.45) is 5.92 Å². The van der Waals surface area contributed by atoms with Crippen LogP contribution in [0.1, 0.15) is 40.2 Å². The van der Waals surface area contributed by atoms with E-state index in [1.165, 1.54) is 27.8 Å². The lowest BCUT2D eigenvalue weighted by Crippen LogP contribution is -2.16. The van der Waals surface area contributed by atoms with Crippen LogP contribution in [-0.2, 0) is 6.42 Å². The van der Waals surface area contributed by atoms with Crippen molar-refractivity contribution >= 4 is 0 Å². The minimum Gasteiger partial charge on any atom is -0.392 e. The average molecular weight is 280 g/mol. The van der Waals surface area contributed by atoms with E-state index in [2.05, 4.69) is 63.2 Å². The molecule has 0 saturated heterocycles. The maximum atomic E-state index is 10.6. The fourth-order valence-electron chi connectivity index (χ4n) is 3.62. The molecule has 3 rings (SSSR count). The molecule has 110 valence electrons. The van der Waals surface area contributed by atoms with Crippen molar-refractivity contribution in [1.29, 1.82) is 0 Å². The van der Waals surface area contributed by atoms with Crippen molar-refractivity contribution < 1.29 is 5.11 Å². The van der Waals surface area contributed by atoms with E-state index in [-0.39, 0.29) is 6.10 Å². The van der Waals surface area contributed by atoms with Gasteiger partial charge in [0.2, 0.25) is 0 Å². The minimum atomic E-state index is -0.227. The summed E-state index contributed by atoms with van der Waals surface area (Å²) < 4.78 is 0. The predicted molar refractivity (Wildman–Crippen MR) is 87.7 cm³/mol. The number of benzene rings is 2. The summed E-state index contributed by atoms with van der Waals surface area (Å²) in [6.07, 6.45) is 1.68. The van der Waals surface area contributed by atoms with Crippen LogP contribution in [-0.4, -0.2) is 11.2 Å². The summed E-state index contributed by atoms with van der Waals surface area (Å²) in [6.45, 7) is 6.44. The van der Waals surface area contributed by atoms with Crippen LogP contribution >= 0.6 is 0 Å². The molecule has 2 aromatic carbocycles. The third-order valence-electron chi connectivity index (χ3n) is 4.82. The Labute approximate surface area is 127 Å². The molecule has 1 heteroatoms. The summed E-state index contributed by atoms with van der Waals surface area (Å²) in [6, 6.07) is 15.0. The van der Waals surface area contributed by atoms with E-state index in [9.17, 15) is 5.11 Å². The Kier molecular flexibility index (Phi) is 3.86. The molecule has 1 N–H and O–H groups in total. The second kappa shape index (κ2) is 5.65. The van der Waals surface area contributed by atoms with E-state index in [1.807, 2.05) is 0 Å². The van der Waals surface area contributed by atoms with Gasteiger partial charge in [0.25, 0.3) is 0 Å². The van der Waals surface area contributed by atoms with Crippen LogP contribution in [0.25, 0.3) is 0 Å². The number of hydrogen-bond donors (Lipinski definition) is 1. The number of aliphatic hydroxyl groups is 1. The van der Waals surface area contributed by atoms with Gasteiger partial charge in [-0.1, -0.05) is 48.0 Å². The monoisotopic (exact) mass is 280 g/mol. The Morgan fingerprint density at radius 3 is 2.29 bits per heavy atom. The lowest BCUT2D eigenvalue weighted by molar-refractivity contribution is 0.149. The first-order valence-electron chi connectivity index (χ1n) is 7.86. The molecule has 0 spiro atoms. The van der Waals surface area contributed by atoms with Gasteiger partial charge in [-0.05, 0) is 67.7 Å². The highest BCUT2D eigenvalue weighted by Gasteiger charge is 2.43. The van der Waals surface area contributed by atoms with Crippen LogP contribution in [0.2, 0.25) is 0 Å². The lowest BCUT2D eigenvalue weighted by Gasteiger charge is -2.16. The van der Waals surface area contributed by atoms with Crippen molar-refractivity contribution in [2.75, 3.05) is 0 Å². The first kappa shape index (κ1) is 14.3. The van der Waals surface area contributed by atoms with Gasteiger partial charge in [0.05, 0.1) is 6.10 Å². The van der Waals surface area contributed by atoms with Crippen molar-refractivity contribution in [2.45, 2.75) is 45.6 Å². The van der Waals surface area contributed by atoms with Crippen LogP contribution < -0.4 is 0 Å². The van der Waals surface area contributed by atoms with Crippen LogP contribution in [0.4, 0.5) is 0 Å². The highest BCUT2D eigenvalue weighted by molar-refractivity contribution is 5.38. The standard InChI is InChI=1S/C20H24O/c1-13-9-14(2)17(15(3)10-13)12-20(21)19-11-18(19)16-7-5-4-6-8-16/h4-10,18-21H,11-12H2,1-3H3. The van der Waals surface area contributed by atoms with Gasteiger partial charge >= 0.3 is 0 Å². The molecule has 0 aliphatic heterocycles. The summed E-state index contributed by atoms with van der Waals surface area (Å²) in [5.74, 6) is 0.972. The Balaban J connectivity index is 1.70. The van der Waals surface area contributed by atoms with Crippen molar-refractivity contribution in [3.05, 3.63) is 70.3 Å². The second-order valence-corrected chi connectivity index (χ2v) is 6.57. The van der Waals surface area contributed by atoms with Gasteiger partial charge in [-0.3, -0.25) is 0 Å². The van der Waals surface area contributed by atoms with Crippen LogP contribution in [0.3, 0.4) is 0 Å². The summed E-state index contributed by atoms with van der Waals surface area (Å²) in [4.78, 5) is 0. The van der Waals surface area contributed by atoms with Gasteiger partial charge in [-0.2, -0.15) is 0 Å². The van der Waals surface area contributed by atoms with E-state index in [4.69, 9.17) is 0 Å². The zero-order valence-electron chi connectivity index (χ0n) is 13.1. The van der Waals surface area contributed by atoms with Crippen molar-refractivity contribution in [3.8, 4) is 0 Å². The van der Waals surface area contributed by atoms with Gasteiger partial charge in [0.15, 0.2) is 0 Å². The third-order valence-corrected chi connectivity index (χ3v) is 4.82. The third kappa shape index (κ3) is 3.03. The van der Waals surface area contributed by atoms with E-state index in [1.54, 1.807) is 0 Å². The molecule has 0 radical (unpaired) electrons. The van der Waals surface area contributed by atoms with Gasteiger partial charge < -0.3 is 5.11 Å². The van der Waals surface area contributed by atoms with Crippen LogP contribution in [0, 0.1) is 26.7 Å². The van der Waals surface area contributed by atoms with E-state index in [0.717, 1.165) is 12.8 Å². The molecule has 0 aromatic heterocycles. The predicted octanol–water partition coefficient (Wildman–Crippen LogP) is 4.32. The normalized spacial score (nSPS) is 22.1. The largest absolute Gasteiger partial charge is 0.392 e. The number of aryl methyl sites for hydroxylation is 3. The molecule has 0 amide bonds. The van der Waals surface area contributed by atoms with E-state index >= 15 is 0 Å². The fourth-order valence-corrected chi connectivity index (χ4v) is 3.62. The first-order valence-corrected chi connectivity index (χ1v) is 7.86. The quantitative estimate of drug-likeness (QED) is 0.884. The molecule has 1 nitrogen and oxygen atoms in total. The summed E-state index contributed by atoms with van der Waals surface area (Å²) >= 11 is 0. The molecule has 3 unspecified atom stereocenters. The fraction of sp³-hybridized carbons (Fsp3) is 0.400. The smallest absolute Gasteiger partial charge is 0.0614 e. The molecule has 1 fully saturated rings. The SMILES string of the molecule is Cc1cc(C)c(CC(O)C2CC2c2ccccc2)c(C)c1. The molecule has 0 heterocycles. The minimum absolute atomic E-state index is 0.227. The molecular formula is C20H24O. The molecular weight excluding hydrogens is 256 g/mol. The first-order chi connectivity index (χ1) is 10.1. The zero-order valence-corrected chi connectivity index (χ0v) is 13.1. The van der Waals surface area contributed by atoms with E-state index in [0.29, 0.717) is 11.8 Å². The molecule has 1 saturated carbocycles. The zero-order chi connectivity index (χ0) is 15.0. The number of aliphatic hydroxyl groups excluding tert-OH is 1. The molecule has 2 aromatic rings. The molecule has 1 aliphatic carbocycles. The van der Waals surface area contributed by atoms with E-state index < -0.39 is 0 Å². The Morgan fingerprint density at radius 1 is 1.05 bits per heavy atom. The van der Waals surface area contributed by atoms with Crippen molar-refractivity contribution in [1.82, 2.24) is 0 Å². The van der Waals surface area contributed by atoms with Crippen LogP contribution in [0.15, 0.2) is 42.5 Å². The van der Waals surface area contributed by atoms with Gasteiger partial charge in [0.1, 0.15) is 0 Å². The molecule has 0 bridgehead atoms. The molecule has 3 atom stereocenters. The van der Waals surface area contributed by atoms with Gasteiger partial charge in [0, 0.05) is 0 Å². The Bertz CT molecular complexity index is 607. The summed E-state index contributed by atoms with van der Waals surface area (Å²) in [7, 11) is 0. The second-order valence-electron chi connectivity index (χ2n) is 6.57. The number of hydrogen-bond acceptors (Lipinski definition) is 1. The summed E-state index contributed by atoms with van der Waals surface area (Å²) in [5.41, 5.74) is 6.62. The Morgan fingerprint density at radius 2 is 1.67 bits per heavy atom. The summed E-state index contributed by atoms with van der Waals surface area (Å²) in [5, 5.41) is 10.6. The van der Waals surface area contributed by atoms with Crippen LogP contribution in [0.5, 0.6) is 0 Å². The number of rotatable bonds is 4. The van der Waals surface area contributed by atoms with Gasteiger partial charge in [-0.25, -0.2) is 0 Å². The maximum Gasteiger partial charge on any atom is 0.0614 e. The Hall–Kier alpha value is -1.60. The molecule has 21 heavy (non-hydrogen) atoms. The molecule has 1 aliphatic rings. The highest BCUT2D eigenvalue weighted by atomic mass is 16.3. The van der Waals surface area contributed by atoms with Crippen molar-refractivity contribution in [3.63, 3.8) is 0 Å².